The number of likely N-dealkylation sites (N-methyl/N-ethyl adjacent to an activating group) is 1. The number of hydrogen-bond donors (Lipinski definition) is 3. The van der Waals surface area contributed by atoms with E-state index in [4.69, 9.17) is 4.74 Å². The highest BCUT2D eigenvalue weighted by atomic mass is 32.2. The first-order valence-corrected chi connectivity index (χ1v) is 17.5. The molecule has 3 N–H and O–H groups in total. The van der Waals surface area contributed by atoms with Gasteiger partial charge in [-0.25, -0.2) is 18.2 Å². The molecule has 0 aliphatic rings. The van der Waals surface area contributed by atoms with Crippen LogP contribution in [-0.2, 0) is 27.8 Å². The number of aliphatic hydroxyl groups excluding tert-OH is 1. The highest BCUT2D eigenvalue weighted by Gasteiger charge is 2.36. The second kappa shape index (κ2) is 15.7. The lowest BCUT2D eigenvalue weighted by atomic mass is 10.0. The Morgan fingerprint density at radius 2 is 1.91 bits per heavy atom. The van der Waals surface area contributed by atoms with Gasteiger partial charge in [0, 0.05) is 32.4 Å². The van der Waals surface area contributed by atoms with Crippen molar-refractivity contribution in [3.8, 4) is 0 Å². The van der Waals surface area contributed by atoms with Gasteiger partial charge < -0.3 is 25.4 Å². The summed E-state index contributed by atoms with van der Waals surface area (Å²) in [5, 5.41) is 18.1. The number of alkyl carbamates (subject to hydrolysis) is 1. The molecule has 0 aliphatic carbocycles. The molecule has 0 radical (unpaired) electrons. The molecule has 11 nitrogen and oxygen atoms in total. The Balaban J connectivity index is 1.59. The molecule has 0 saturated carbocycles. The predicted molar refractivity (Wildman–Crippen MR) is 176 cm³/mol. The van der Waals surface area contributed by atoms with Crippen LogP contribution in [0.2, 0.25) is 0 Å². The first-order valence-electron chi connectivity index (χ1n) is 14.3. The normalized spacial score (nSPS) is 13.5. The van der Waals surface area contributed by atoms with Crippen molar-refractivity contribution in [1.29, 1.82) is 0 Å². The Morgan fingerprint density at radius 1 is 1.14 bits per heavy atom. The number of hydrogen-bond acceptors (Lipinski definition) is 11. The number of fused-ring (bicyclic) bond motifs is 1. The number of nitrogens with zero attached hydrogens (tertiary/aromatic N) is 4. The van der Waals surface area contributed by atoms with Crippen LogP contribution < -0.4 is 10.6 Å². The zero-order chi connectivity index (χ0) is 31.7. The number of amides is 1. The fourth-order valence-corrected chi connectivity index (χ4v) is 7.90. The molecule has 0 saturated heterocycles. The maximum absolute atomic E-state index is 14.3. The van der Waals surface area contributed by atoms with Gasteiger partial charge in [-0.3, -0.25) is 4.98 Å². The van der Waals surface area contributed by atoms with Gasteiger partial charge in [0.1, 0.15) is 6.61 Å². The summed E-state index contributed by atoms with van der Waals surface area (Å²) in [5.41, 5.74) is 3.21. The van der Waals surface area contributed by atoms with Crippen LogP contribution in [0, 0.1) is 5.92 Å². The Morgan fingerprint density at radius 3 is 2.59 bits per heavy atom. The first-order chi connectivity index (χ1) is 21.0. The van der Waals surface area contributed by atoms with E-state index in [1.165, 1.54) is 27.0 Å². The number of sulfonamides is 1. The van der Waals surface area contributed by atoms with Gasteiger partial charge in [0.05, 0.1) is 37.6 Å². The summed E-state index contributed by atoms with van der Waals surface area (Å²) in [6.07, 6.45) is -0.0725. The molecule has 2 aromatic carbocycles. The van der Waals surface area contributed by atoms with E-state index in [2.05, 4.69) is 25.5 Å². The molecular weight excluding hydrogens is 621 g/mol. The summed E-state index contributed by atoms with van der Waals surface area (Å²) in [7, 11) is -0.0853. The molecule has 1 amide bonds. The van der Waals surface area contributed by atoms with Crippen molar-refractivity contribution in [3.63, 3.8) is 0 Å². The van der Waals surface area contributed by atoms with Gasteiger partial charge in [-0.15, -0.1) is 11.3 Å². The van der Waals surface area contributed by atoms with E-state index in [9.17, 15) is 18.3 Å². The van der Waals surface area contributed by atoms with E-state index in [1.54, 1.807) is 29.9 Å². The second-order valence-corrected chi connectivity index (χ2v) is 15.0. The second-order valence-electron chi connectivity index (χ2n) is 11.1. The lowest BCUT2D eigenvalue weighted by molar-refractivity contribution is 0.0786. The van der Waals surface area contributed by atoms with Crippen LogP contribution >= 0.6 is 22.7 Å². The van der Waals surface area contributed by atoms with Crippen LogP contribution in [0.3, 0.4) is 0 Å². The number of aromatic nitrogens is 2. The van der Waals surface area contributed by atoms with Gasteiger partial charge in [-0.1, -0.05) is 55.5 Å². The average Bonchev–Trinajstić information content (AvgIpc) is 3.66. The smallest absolute Gasteiger partial charge is 0.407 e. The molecular formula is C30H40N6O5S3. The average molecular weight is 661 g/mol. The number of benzene rings is 2. The van der Waals surface area contributed by atoms with E-state index >= 15 is 0 Å². The van der Waals surface area contributed by atoms with Crippen molar-refractivity contribution in [2.75, 3.05) is 45.6 Å². The molecule has 0 bridgehead atoms. The van der Waals surface area contributed by atoms with Gasteiger partial charge >= 0.3 is 6.09 Å². The summed E-state index contributed by atoms with van der Waals surface area (Å²) in [4.78, 5) is 23.9. The standard InChI is InChI=1S/C30H40N6O5S3/c1-21(2)18-36(44(39,40)24-10-11-25-28(15-24)43-29(34-25)32-12-13-35(3)4)26(14-22-8-6-5-7-9-22)27(37)17-33-30(38)41-19-23-16-31-20-42-23/h5-11,15-16,20-21,26-27,37H,12-14,17-19H2,1-4H3,(H,32,34)(H,33,38). The molecule has 0 aliphatic heterocycles. The molecule has 2 atom stereocenters. The van der Waals surface area contributed by atoms with Gasteiger partial charge in [-0.2, -0.15) is 4.31 Å². The van der Waals surface area contributed by atoms with E-state index < -0.39 is 28.3 Å². The minimum absolute atomic E-state index is 0.0350. The van der Waals surface area contributed by atoms with Gasteiger partial charge in [0.25, 0.3) is 0 Å². The zero-order valence-corrected chi connectivity index (χ0v) is 27.8. The van der Waals surface area contributed by atoms with E-state index in [-0.39, 0.29) is 36.9 Å². The van der Waals surface area contributed by atoms with E-state index in [1.807, 2.05) is 58.3 Å². The third-order valence-electron chi connectivity index (χ3n) is 6.73. The number of rotatable bonds is 16. The molecule has 238 valence electrons. The summed E-state index contributed by atoms with van der Waals surface area (Å²) >= 11 is 2.76. The highest BCUT2D eigenvalue weighted by molar-refractivity contribution is 7.89. The molecule has 14 heteroatoms. The SMILES string of the molecule is CC(C)CN(C(Cc1ccccc1)C(O)CNC(=O)OCc1cncs1)S(=O)(=O)c1ccc2nc(NCCN(C)C)sc2c1. The van der Waals surface area contributed by atoms with Crippen LogP contribution in [0.25, 0.3) is 10.2 Å². The molecule has 2 unspecified atom stereocenters. The lowest BCUT2D eigenvalue weighted by Crippen LogP contribution is -2.52. The summed E-state index contributed by atoms with van der Waals surface area (Å²) in [6.45, 7) is 5.45. The molecule has 0 fully saturated rings. The summed E-state index contributed by atoms with van der Waals surface area (Å²) < 4.78 is 36.0. The zero-order valence-electron chi connectivity index (χ0n) is 25.3. The largest absolute Gasteiger partial charge is 0.444 e. The van der Waals surface area contributed by atoms with Gasteiger partial charge in [0.15, 0.2) is 5.13 Å². The molecule has 44 heavy (non-hydrogen) atoms. The van der Waals surface area contributed by atoms with Crippen molar-refractivity contribution in [2.45, 2.75) is 43.9 Å². The Kier molecular flexibility index (Phi) is 12.1. The van der Waals surface area contributed by atoms with Crippen LogP contribution in [0.5, 0.6) is 0 Å². The fraction of sp³-hybridized carbons (Fsp3) is 0.433. The molecule has 2 aromatic heterocycles. The van der Waals surface area contributed by atoms with Crippen LogP contribution in [0.15, 0.2) is 65.1 Å². The third-order valence-corrected chi connectivity index (χ3v) is 10.3. The third kappa shape index (κ3) is 9.43. The number of aliphatic hydroxyl groups is 1. The highest BCUT2D eigenvalue weighted by Crippen LogP contribution is 2.31. The first kappa shape index (κ1) is 33.7. The van der Waals surface area contributed by atoms with Gasteiger partial charge in [-0.05, 0) is 50.2 Å². The maximum atomic E-state index is 14.3. The number of ether oxygens (including phenoxy) is 1. The maximum Gasteiger partial charge on any atom is 0.407 e. The van der Waals surface area contributed by atoms with E-state index in [0.29, 0.717) is 12.1 Å². The quantitative estimate of drug-likeness (QED) is 0.161. The van der Waals surface area contributed by atoms with Gasteiger partial charge in [0.2, 0.25) is 10.0 Å². The monoisotopic (exact) mass is 660 g/mol. The molecule has 4 aromatic rings. The van der Waals surface area contributed by atoms with Crippen LogP contribution in [-0.4, -0.2) is 91.2 Å². The number of thiazole rings is 2. The van der Waals surface area contributed by atoms with Crippen molar-refractivity contribution >= 4 is 54.1 Å². The predicted octanol–water partition coefficient (Wildman–Crippen LogP) is 4.27. The van der Waals surface area contributed by atoms with Crippen molar-refractivity contribution in [3.05, 3.63) is 70.7 Å². The van der Waals surface area contributed by atoms with Crippen LogP contribution in [0.4, 0.5) is 9.93 Å². The van der Waals surface area contributed by atoms with Crippen molar-refractivity contribution < 1.29 is 23.1 Å². The summed E-state index contributed by atoms with van der Waals surface area (Å²) in [5.74, 6) is -0.0350. The van der Waals surface area contributed by atoms with Crippen molar-refractivity contribution in [2.24, 2.45) is 5.92 Å². The number of carbonyl (C=O) groups is 1. The molecule has 0 spiro atoms. The molecule has 4 rings (SSSR count). The lowest BCUT2D eigenvalue weighted by Gasteiger charge is -2.35. The molecule has 2 heterocycles. The van der Waals surface area contributed by atoms with Crippen molar-refractivity contribution in [1.82, 2.24) is 24.5 Å². The van der Waals surface area contributed by atoms with E-state index in [0.717, 1.165) is 26.8 Å². The number of anilines is 1. The number of nitrogens with one attached hydrogen (secondary N) is 2. The Labute approximate surface area is 267 Å². The summed E-state index contributed by atoms with van der Waals surface area (Å²) in [6, 6.07) is 13.5. The minimum Gasteiger partial charge on any atom is -0.444 e. The fourth-order valence-electron chi connectivity index (χ4n) is 4.54. The number of carbonyl (C=O) groups excluding carboxylic acids is 1. The topological polar surface area (TPSA) is 137 Å². The Bertz CT molecular complexity index is 1580. The minimum atomic E-state index is -4.07. The Hall–Kier alpha value is -3.14. The van der Waals surface area contributed by atoms with Crippen LogP contribution in [0.1, 0.15) is 24.3 Å².